The molecule has 0 fully saturated rings. The van der Waals surface area contributed by atoms with E-state index < -0.39 is 6.09 Å². The summed E-state index contributed by atoms with van der Waals surface area (Å²) in [6, 6.07) is 27.4. The van der Waals surface area contributed by atoms with Crippen molar-refractivity contribution in [1.82, 2.24) is 4.98 Å². The molecule has 5 rings (SSSR count). The zero-order valence-electron chi connectivity index (χ0n) is 22.4. The van der Waals surface area contributed by atoms with Gasteiger partial charge in [-0.25, -0.2) is 9.78 Å². The van der Waals surface area contributed by atoms with Crippen LogP contribution < -0.4 is 20.3 Å². The summed E-state index contributed by atoms with van der Waals surface area (Å²) in [4.78, 5) is 19.8. The number of aromatic nitrogens is 1. The highest BCUT2D eigenvalue weighted by Crippen LogP contribution is 2.35. The maximum absolute atomic E-state index is 12.8. The number of nitrogens with zero attached hydrogens (tertiary/aromatic N) is 2. The number of benzene rings is 4. The lowest BCUT2D eigenvalue weighted by Gasteiger charge is -2.22. The molecule has 4 aromatic carbocycles. The number of anilines is 4. The number of carbonyl (C=O) groups excluding carboxylic acids is 1. The maximum Gasteiger partial charge on any atom is 0.417 e. The van der Waals surface area contributed by atoms with Crippen molar-refractivity contribution in [2.75, 3.05) is 40.4 Å². The van der Waals surface area contributed by atoms with Crippen LogP contribution in [0.25, 0.3) is 21.8 Å². The predicted molar refractivity (Wildman–Crippen MR) is 168 cm³/mol. The number of alkyl halides is 2. The third-order valence-electron chi connectivity index (χ3n) is 6.78. The van der Waals surface area contributed by atoms with Gasteiger partial charge in [-0.1, -0.05) is 42.5 Å². The second-order valence-corrected chi connectivity index (χ2v) is 10.3. The molecule has 8 heteroatoms. The Labute approximate surface area is 243 Å². The Balaban J connectivity index is 1.36. The minimum Gasteiger partial charge on any atom is -0.410 e. The van der Waals surface area contributed by atoms with Crippen LogP contribution in [0.3, 0.4) is 0 Å². The van der Waals surface area contributed by atoms with Gasteiger partial charge < -0.3 is 15.0 Å². The Bertz CT molecular complexity index is 1650. The lowest BCUT2D eigenvalue weighted by Crippen LogP contribution is -2.27. The lowest BCUT2D eigenvalue weighted by atomic mass is 10.0. The molecule has 1 amide bonds. The van der Waals surface area contributed by atoms with Crippen molar-refractivity contribution in [1.29, 1.82) is 0 Å². The van der Waals surface area contributed by atoms with Crippen molar-refractivity contribution < 1.29 is 9.53 Å². The van der Waals surface area contributed by atoms with E-state index in [0.717, 1.165) is 50.0 Å². The van der Waals surface area contributed by atoms with Gasteiger partial charge in [0.25, 0.3) is 0 Å². The van der Waals surface area contributed by atoms with E-state index in [2.05, 4.69) is 40.7 Å². The van der Waals surface area contributed by atoms with Crippen molar-refractivity contribution in [2.24, 2.45) is 0 Å². The van der Waals surface area contributed by atoms with Crippen molar-refractivity contribution in [2.45, 2.75) is 13.8 Å². The molecular formula is C32H30Cl2N4O2. The van der Waals surface area contributed by atoms with Crippen LogP contribution >= 0.6 is 23.2 Å². The van der Waals surface area contributed by atoms with E-state index in [-0.39, 0.29) is 0 Å². The normalized spacial score (nSPS) is 11.0. The molecule has 0 saturated carbocycles. The minimum absolute atomic E-state index is 0.440. The number of amides is 1. The molecule has 2 N–H and O–H groups in total. The second-order valence-electron chi connectivity index (χ2n) is 9.50. The van der Waals surface area contributed by atoms with Crippen LogP contribution in [-0.4, -0.2) is 35.9 Å². The molecule has 6 nitrogen and oxygen atoms in total. The number of ether oxygens (including phenoxy) is 1. The van der Waals surface area contributed by atoms with Crippen LogP contribution in [0.5, 0.6) is 5.75 Å². The van der Waals surface area contributed by atoms with Gasteiger partial charge in [0, 0.05) is 52.7 Å². The average Bonchev–Trinajstić information content (AvgIpc) is 2.95. The number of hydrogen-bond donors (Lipinski definition) is 2. The summed E-state index contributed by atoms with van der Waals surface area (Å²) in [6.07, 6.45) is -0.568. The summed E-state index contributed by atoms with van der Waals surface area (Å²) in [6.45, 7) is 5.38. The molecule has 40 heavy (non-hydrogen) atoms. The van der Waals surface area contributed by atoms with Gasteiger partial charge in [0.05, 0.1) is 16.7 Å². The van der Waals surface area contributed by atoms with Crippen molar-refractivity contribution in [3.05, 3.63) is 96.1 Å². The number of carbonyl (C=O) groups is 1. The van der Waals surface area contributed by atoms with E-state index in [1.807, 2.05) is 61.5 Å². The molecule has 0 aliphatic rings. The number of rotatable bonds is 9. The topological polar surface area (TPSA) is 66.5 Å². The van der Waals surface area contributed by atoms with Gasteiger partial charge in [-0.05, 0) is 67.4 Å². The van der Waals surface area contributed by atoms with Crippen molar-refractivity contribution >= 4 is 73.9 Å². The minimum atomic E-state index is -0.568. The highest BCUT2D eigenvalue weighted by Gasteiger charge is 2.13. The Hall–Kier alpha value is -4.00. The Morgan fingerprint density at radius 2 is 1.57 bits per heavy atom. The number of aryl methyl sites for hydroxylation is 2. The molecule has 5 aromatic rings. The van der Waals surface area contributed by atoms with Gasteiger partial charge in [-0.15, -0.1) is 23.2 Å². The third-order valence-corrected chi connectivity index (χ3v) is 7.12. The van der Waals surface area contributed by atoms with Gasteiger partial charge in [0.2, 0.25) is 0 Å². The molecule has 0 aliphatic heterocycles. The van der Waals surface area contributed by atoms with E-state index in [0.29, 0.717) is 36.3 Å². The molecule has 0 radical (unpaired) electrons. The maximum atomic E-state index is 12.8. The van der Waals surface area contributed by atoms with E-state index in [4.69, 9.17) is 32.9 Å². The average molecular weight is 574 g/mol. The van der Waals surface area contributed by atoms with Crippen LogP contribution in [0.1, 0.15) is 11.1 Å². The molecule has 0 atom stereocenters. The zero-order valence-corrected chi connectivity index (χ0v) is 23.9. The van der Waals surface area contributed by atoms with Gasteiger partial charge in [0.15, 0.2) is 0 Å². The molecule has 0 spiro atoms. The van der Waals surface area contributed by atoms with E-state index in [1.54, 1.807) is 12.1 Å². The largest absolute Gasteiger partial charge is 0.417 e. The van der Waals surface area contributed by atoms with Gasteiger partial charge in [-0.3, -0.25) is 5.32 Å². The van der Waals surface area contributed by atoms with Crippen LogP contribution in [0.2, 0.25) is 0 Å². The summed E-state index contributed by atoms with van der Waals surface area (Å²) in [7, 11) is 0. The fourth-order valence-corrected chi connectivity index (χ4v) is 5.12. The summed E-state index contributed by atoms with van der Waals surface area (Å²) < 4.78 is 5.57. The predicted octanol–water partition coefficient (Wildman–Crippen LogP) is 8.64. The summed E-state index contributed by atoms with van der Waals surface area (Å²) in [5.41, 5.74) is 7.32. The molecule has 0 bridgehead atoms. The van der Waals surface area contributed by atoms with Crippen LogP contribution in [0.15, 0.2) is 84.9 Å². The van der Waals surface area contributed by atoms with Crippen LogP contribution in [0, 0.1) is 13.8 Å². The van der Waals surface area contributed by atoms with Crippen molar-refractivity contribution in [3.8, 4) is 5.75 Å². The number of fused-ring (bicyclic) bond motifs is 2. The zero-order chi connectivity index (χ0) is 28.1. The molecule has 0 saturated heterocycles. The fraction of sp³-hybridized carbons (Fsp3) is 0.188. The lowest BCUT2D eigenvalue weighted by molar-refractivity contribution is 0.215. The first-order valence-electron chi connectivity index (χ1n) is 13.1. The quantitative estimate of drug-likeness (QED) is 0.137. The molecule has 1 aromatic heterocycles. The summed E-state index contributed by atoms with van der Waals surface area (Å²) in [5.74, 6) is 1.44. The van der Waals surface area contributed by atoms with Gasteiger partial charge in [-0.2, -0.15) is 0 Å². The smallest absolute Gasteiger partial charge is 0.410 e. The third kappa shape index (κ3) is 6.09. The van der Waals surface area contributed by atoms with Crippen molar-refractivity contribution in [3.63, 3.8) is 0 Å². The number of para-hydroxylation sites is 2. The van der Waals surface area contributed by atoms with E-state index in [9.17, 15) is 4.79 Å². The number of pyridine rings is 1. The second kappa shape index (κ2) is 12.5. The highest BCUT2D eigenvalue weighted by atomic mass is 35.5. The Morgan fingerprint density at radius 1 is 0.850 bits per heavy atom. The molecule has 1 heterocycles. The summed E-state index contributed by atoms with van der Waals surface area (Å²) >= 11 is 11.8. The Kier molecular flexibility index (Phi) is 8.58. The van der Waals surface area contributed by atoms with E-state index >= 15 is 0 Å². The number of halogens is 2. The van der Waals surface area contributed by atoms with Crippen LogP contribution in [0.4, 0.5) is 27.5 Å². The standard InChI is InChI=1S/C32H30Cl2N4O2/c1-21-10-11-23(35-31-26-7-3-4-9-28(26)36-30-22(2)6-5-8-27(30)31)20-29(21)37-32(39)40-25-14-12-24(13-15-25)38(18-16-33)19-17-34/h3-15,20H,16-19H2,1-2H3,(H,35,36)(H,37,39). The Morgan fingerprint density at radius 3 is 2.33 bits per heavy atom. The SMILES string of the molecule is Cc1ccc(Nc2c3ccccc3nc3c(C)cccc23)cc1NC(=O)Oc1ccc(N(CCCl)CCCl)cc1. The highest BCUT2D eigenvalue weighted by molar-refractivity contribution is 6.18. The molecule has 0 unspecified atom stereocenters. The first kappa shape index (κ1) is 27.6. The molecule has 204 valence electrons. The monoisotopic (exact) mass is 572 g/mol. The number of hydrogen-bond acceptors (Lipinski definition) is 5. The first-order valence-corrected chi connectivity index (χ1v) is 14.1. The number of nitrogens with one attached hydrogen (secondary N) is 2. The molecule has 0 aliphatic carbocycles. The van der Waals surface area contributed by atoms with Gasteiger partial charge >= 0.3 is 6.09 Å². The van der Waals surface area contributed by atoms with Gasteiger partial charge in [0.1, 0.15) is 5.75 Å². The summed E-state index contributed by atoms with van der Waals surface area (Å²) in [5, 5.41) is 8.53. The van der Waals surface area contributed by atoms with Crippen LogP contribution in [-0.2, 0) is 0 Å². The first-order chi connectivity index (χ1) is 19.5. The van der Waals surface area contributed by atoms with E-state index in [1.165, 1.54) is 0 Å². The fourth-order valence-electron chi connectivity index (χ4n) is 4.71. The molecular weight excluding hydrogens is 543 g/mol.